The molecule has 4 nitrogen and oxygen atoms in total. The van der Waals surface area contributed by atoms with Gasteiger partial charge in [0.2, 0.25) is 0 Å². The minimum atomic E-state index is 0.582. The van der Waals surface area contributed by atoms with Crippen molar-refractivity contribution in [2.45, 2.75) is 32.0 Å². The van der Waals surface area contributed by atoms with Gasteiger partial charge in [-0.3, -0.25) is 4.68 Å². The number of benzene rings is 2. The van der Waals surface area contributed by atoms with E-state index in [0.717, 1.165) is 32.6 Å². The van der Waals surface area contributed by atoms with Gasteiger partial charge in [-0.05, 0) is 42.1 Å². The number of nitrogens with one attached hydrogen (secondary N) is 1. The van der Waals surface area contributed by atoms with Crippen molar-refractivity contribution in [3.63, 3.8) is 0 Å². The lowest BCUT2D eigenvalue weighted by atomic mass is 10.1. The molecule has 1 fully saturated rings. The zero-order chi connectivity index (χ0) is 18.3. The maximum atomic E-state index is 4.34. The van der Waals surface area contributed by atoms with Crippen LogP contribution in [0.4, 0.5) is 0 Å². The van der Waals surface area contributed by atoms with E-state index in [0.29, 0.717) is 6.04 Å². The standard InChI is InChI=1S/C23H28N4/c1-2-7-20(8-3-1)11-15-26-16-12-23(19-26)24-17-21-9-4-5-10-22(21)18-27-14-6-13-25-27/h1-10,13-14,23-24H,11-12,15-19H2/t23-/m0/s1. The second-order valence-corrected chi connectivity index (χ2v) is 7.38. The van der Waals surface area contributed by atoms with Crippen LogP contribution in [0.2, 0.25) is 0 Å². The summed E-state index contributed by atoms with van der Waals surface area (Å²) < 4.78 is 1.99. The number of likely N-dealkylation sites (tertiary alicyclic amines) is 1. The van der Waals surface area contributed by atoms with E-state index in [2.05, 4.69) is 69.9 Å². The molecule has 0 bridgehead atoms. The third kappa shape index (κ3) is 5.06. The van der Waals surface area contributed by atoms with E-state index in [1.165, 1.54) is 29.7 Å². The second kappa shape index (κ2) is 8.98. The molecule has 0 spiro atoms. The lowest BCUT2D eigenvalue weighted by Crippen LogP contribution is -2.33. The molecule has 1 aromatic heterocycles. The highest BCUT2D eigenvalue weighted by Crippen LogP contribution is 2.14. The summed E-state index contributed by atoms with van der Waals surface area (Å²) in [5, 5.41) is 8.11. The molecule has 0 aliphatic carbocycles. The Bertz CT molecular complexity index is 813. The van der Waals surface area contributed by atoms with E-state index >= 15 is 0 Å². The fourth-order valence-corrected chi connectivity index (χ4v) is 3.84. The normalized spacial score (nSPS) is 17.4. The molecule has 2 aromatic carbocycles. The minimum absolute atomic E-state index is 0.582. The first-order chi connectivity index (χ1) is 13.4. The average Bonchev–Trinajstić information content (AvgIpc) is 3.38. The van der Waals surface area contributed by atoms with Gasteiger partial charge in [0.15, 0.2) is 0 Å². The molecule has 1 aliphatic rings. The molecule has 2 heterocycles. The van der Waals surface area contributed by atoms with Crippen LogP contribution < -0.4 is 5.32 Å². The monoisotopic (exact) mass is 360 g/mol. The van der Waals surface area contributed by atoms with Gasteiger partial charge in [0, 0.05) is 38.1 Å². The van der Waals surface area contributed by atoms with Crippen molar-refractivity contribution in [2.75, 3.05) is 19.6 Å². The number of aromatic nitrogens is 2. The Hall–Kier alpha value is -2.43. The summed E-state index contributed by atoms with van der Waals surface area (Å²) in [6, 6.07) is 22.0. The van der Waals surface area contributed by atoms with Gasteiger partial charge in [-0.15, -0.1) is 0 Å². The van der Waals surface area contributed by atoms with Crippen molar-refractivity contribution in [3.8, 4) is 0 Å². The quantitative estimate of drug-likeness (QED) is 0.669. The fourth-order valence-electron chi connectivity index (χ4n) is 3.84. The summed E-state index contributed by atoms with van der Waals surface area (Å²) in [6.07, 6.45) is 6.23. The molecular weight excluding hydrogens is 332 g/mol. The summed E-state index contributed by atoms with van der Waals surface area (Å²) in [5.74, 6) is 0. The Morgan fingerprint density at radius 2 is 1.78 bits per heavy atom. The molecule has 0 saturated carbocycles. The van der Waals surface area contributed by atoms with Gasteiger partial charge < -0.3 is 10.2 Å². The van der Waals surface area contributed by atoms with Crippen molar-refractivity contribution < 1.29 is 0 Å². The zero-order valence-electron chi connectivity index (χ0n) is 15.8. The van der Waals surface area contributed by atoms with Crippen LogP contribution in [-0.4, -0.2) is 40.4 Å². The van der Waals surface area contributed by atoms with Crippen molar-refractivity contribution >= 4 is 0 Å². The molecule has 0 radical (unpaired) electrons. The van der Waals surface area contributed by atoms with E-state index in [9.17, 15) is 0 Å². The van der Waals surface area contributed by atoms with Crippen molar-refractivity contribution in [2.24, 2.45) is 0 Å². The van der Waals surface area contributed by atoms with Crippen LogP contribution in [0.1, 0.15) is 23.1 Å². The predicted octanol–water partition coefficient (Wildman–Crippen LogP) is 3.34. The van der Waals surface area contributed by atoms with Gasteiger partial charge in [0.05, 0.1) is 6.54 Å². The Morgan fingerprint density at radius 1 is 0.963 bits per heavy atom. The molecule has 27 heavy (non-hydrogen) atoms. The summed E-state index contributed by atoms with van der Waals surface area (Å²) >= 11 is 0. The molecule has 3 aromatic rings. The van der Waals surface area contributed by atoms with E-state index in [1.54, 1.807) is 0 Å². The molecule has 0 unspecified atom stereocenters. The van der Waals surface area contributed by atoms with Gasteiger partial charge in [-0.1, -0.05) is 54.6 Å². The van der Waals surface area contributed by atoms with Gasteiger partial charge in [-0.2, -0.15) is 5.10 Å². The molecule has 1 aliphatic heterocycles. The van der Waals surface area contributed by atoms with Crippen molar-refractivity contribution in [1.29, 1.82) is 0 Å². The first kappa shape index (κ1) is 18.0. The van der Waals surface area contributed by atoms with Crippen LogP contribution in [-0.2, 0) is 19.5 Å². The van der Waals surface area contributed by atoms with Gasteiger partial charge in [0.25, 0.3) is 0 Å². The van der Waals surface area contributed by atoms with E-state index in [4.69, 9.17) is 0 Å². The SMILES string of the molecule is c1ccc(CCN2CC[C@H](NCc3ccccc3Cn3cccn3)C2)cc1. The number of hydrogen-bond donors (Lipinski definition) is 1. The van der Waals surface area contributed by atoms with E-state index in [1.807, 2.05) is 23.1 Å². The molecule has 1 saturated heterocycles. The van der Waals surface area contributed by atoms with Crippen LogP contribution in [0, 0.1) is 0 Å². The Kier molecular flexibility index (Phi) is 5.97. The fraction of sp³-hybridized carbons (Fsp3) is 0.348. The first-order valence-corrected chi connectivity index (χ1v) is 9.91. The lowest BCUT2D eigenvalue weighted by Gasteiger charge is -2.17. The third-order valence-electron chi connectivity index (χ3n) is 5.42. The molecular formula is C23H28N4. The van der Waals surface area contributed by atoms with Crippen molar-refractivity contribution in [1.82, 2.24) is 20.0 Å². The molecule has 4 heteroatoms. The maximum absolute atomic E-state index is 4.34. The third-order valence-corrected chi connectivity index (χ3v) is 5.42. The largest absolute Gasteiger partial charge is 0.309 e. The highest BCUT2D eigenvalue weighted by Gasteiger charge is 2.21. The van der Waals surface area contributed by atoms with Crippen LogP contribution >= 0.6 is 0 Å². The van der Waals surface area contributed by atoms with Crippen LogP contribution in [0.3, 0.4) is 0 Å². The molecule has 140 valence electrons. The maximum Gasteiger partial charge on any atom is 0.0662 e. The topological polar surface area (TPSA) is 33.1 Å². The minimum Gasteiger partial charge on any atom is -0.309 e. The highest BCUT2D eigenvalue weighted by molar-refractivity contribution is 5.27. The average molecular weight is 361 g/mol. The predicted molar refractivity (Wildman–Crippen MR) is 110 cm³/mol. The Morgan fingerprint density at radius 3 is 2.59 bits per heavy atom. The lowest BCUT2D eigenvalue weighted by molar-refractivity contribution is 0.331. The summed E-state index contributed by atoms with van der Waals surface area (Å²) in [4.78, 5) is 2.58. The summed E-state index contributed by atoms with van der Waals surface area (Å²) in [6.45, 7) is 5.25. The molecule has 0 amide bonds. The van der Waals surface area contributed by atoms with Crippen molar-refractivity contribution in [3.05, 3.63) is 89.7 Å². The van der Waals surface area contributed by atoms with Crippen LogP contribution in [0.25, 0.3) is 0 Å². The number of hydrogen-bond acceptors (Lipinski definition) is 3. The molecule has 1 N–H and O–H groups in total. The first-order valence-electron chi connectivity index (χ1n) is 9.91. The Balaban J connectivity index is 1.26. The smallest absolute Gasteiger partial charge is 0.0662 e. The highest BCUT2D eigenvalue weighted by atomic mass is 15.3. The summed E-state index contributed by atoms with van der Waals surface area (Å²) in [7, 11) is 0. The Labute approximate surface area is 161 Å². The zero-order valence-corrected chi connectivity index (χ0v) is 15.8. The van der Waals surface area contributed by atoms with Crippen LogP contribution in [0.5, 0.6) is 0 Å². The van der Waals surface area contributed by atoms with Gasteiger partial charge in [-0.25, -0.2) is 0 Å². The number of rotatable bonds is 8. The van der Waals surface area contributed by atoms with Gasteiger partial charge in [0.1, 0.15) is 0 Å². The number of nitrogens with zero attached hydrogens (tertiary/aromatic N) is 3. The van der Waals surface area contributed by atoms with Gasteiger partial charge >= 0.3 is 0 Å². The summed E-state index contributed by atoms with van der Waals surface area (Å²) in [5.41, 5.74) is 4.14. The van der Waals surface area contributed by atoms with E-state index in [-0.39, 0.29) is 0 Å². The second-order valence-electron chi connectivity index (χ2n) is 7.38. The molecule has 1 atom stereocenters. The van der Waals surface area contributed by atoms with Crippen LogP contribution in [0.15, 0.2) is 73.1 Å². The van der Waals surface area contributed by atoms with E-state index < -0.39 is 0 Å². The molecule has 4 rings (SSSR count).